The molecule has 4 rings (SSSR count). The average molecular weight is 456 g/mol. The number of fused-ring (bicyclic) bond motifs is 3. The molecule has 1 atom stereocenters. The van der Waals surface area contributed by atoms with Crippen LogP contribution < -0.4 is 23.6 Å². The molecule has 3 aromatic rings. The molecule has 0 amide bonds. The highest BCUT2D eigenvalue weighted by Gasteiger charge is 2.36. The lowest BCUT2D eigenvalue weighted by Gasteiger charge is -2.27. The highest BCUT2D eigenvalue weighted by molar-refractivity contribution is 8.09. The number of methoxy groups -OCH3 is 2. The molecular weight excluding hydrogens is 429 g/mol. The van der Waals surface area contributed by atoms with Crippen LogP contribution in [0, 0.1) is 13.8 Å². The number of benzene rings is 3. The van der Waals surface area contributed by atoms with Crippen LogP contribution in [0.15, 0.2) is 54.6 Å². The van der Waals surface area contributed by atoms with E-state index in [1.165, 1.54) is 0 Å². The Bertz CT molecular complexity index is 1100. The SMILES string of the molecule is COc1ccc(C)c2c1-c1c(OC)ccc(C)c1OP(=S)(N[C@@H](C)c1ccccc1)O2. The average Bonchev–Trinajstić information content (AvgIpc) is 2.91. The molecule has 0 saturated carbocycles. The molecule has 1 aliphatic heterocycles. The summed E-state index contributed by atoms with van der Waals surface area (Å²) in [4.78, 5) is 0. The molecule has 1 heterocycles. The van der Waals surface area contributed by atoms with Crippen LogP contribution >= 0.6 is 6.64 Å². The summed E-state index contributed by atoms with van der Waals surface area (Å²) in [5.74, 6) is 2.65. The minimum atomic E-state index is -2.99. The molecule has 3 aromatic carbocycles. The number of ether oxygens (including phenoxy) is 2. The first-order chi connectivity index (χ1) is 14.9. The van der Waals surface area contributed by atoms with Crippen LogP contribution in [0.4, 0.5) is 0 Å². The molecule has 0 unspecified atom stereocenters. The molecule has 0 saturated heterocycles. The smallest absolute Gasteiger partial charge is 0.365 e. The van der Waals surface area contributed by atoms with Gasteiger partial charge in [0, 0.05) is 17.8 Å². The topological polar surface area (TPSA) is 49.0 Å². The molecule has 162 valence electrons. The first kappa shape index (κ1) is 21.7. The molecule has 0 bridgehead atoms. The summed E-state index contributed by atoms with van der Waals surface area (Å²) in [6.07, 6.45) is 0. The van der Waals surface area contributed by atoms with E-state index in [0.717, 1.165) is 27.8 Å². The minimum Gasteiger partial charge on any atom is -0.496 e. The quantitative estimate of drug-likeness (QED) is 0.454. The summed E-state index contributed by atoms with van der Waals surface area (Å²) >= 11 is 6.02. The lowest BCUT2D eigenvalue weighted by atomic mass is 9.97. The summed E-state index contributed by atoms with van der Waals surface area (Å²) < 4.78 is 24.4. The predicted molar refractivity (Wildman–Crippen MR) is 128 cm³/mol. The van der Waals surface area contributed by atoms with E-state index in [1.54, 1.807) is 14.2 Å². The van der Waals surface area contributed by atoms with Gasteiger partial charge in [0.1, 0.15) is 23.0 Å². The van der Waals surface area contributed by atoms with Gasteiger partial charge in [0.05, 0.1) is 25.3 Å². The first-order valence-electron chi connectivity index (χ1n) is 10.0. The summed E-state index contributed by atoms with van der Waals surface area (Å²) in [7, 11) is 3.29. The molecule has 1 N–H and O–H groups in total. The van der Waals surface area contributed by atoms with Crippen LogP contribution in [0.2, 0.25) is 0 Å². The fraction of sp³-hybridized carbons (Fsp3) is 0.250. The minimum absolute atomic E-state index is 0.0612. The van der Waals surface area contributed by atoms with Crippen molar-refractivity contribution in [3.8, 4) is 34.1 Å². The largest absolute Gasteiger partial charge is 0.496 e. The van der Waals surface area contributed by atoms with E-state index in [2.05, 4.69) is 24.1 Å². The van der Waals surface area contributed by atoms with Crippen LogP contribution in [0.3, 0.4) is 0 Å². The number of hydrogen-bond acceptors (Lipinski definition) is 5. The maximum absolute atomic E-state index is 6.50. The van der Waals surface area contributed by atoms with E-state index in [1.807, 2.05) is 56.3 Å². The van der Waals surface area contributed by atoms with Gasteiger partial charge < -0.3 is 18.5 Å². The standard InChI is InChI=1S/C24H26NO4PS/c1-15-11-13-19(26-4)21-22-20(27-5)14-12-16(2)24(22)29-30(31,28-23(15)21)25-17(3)18-9-7-6-8-10-18/h6-14,17H,1-5H3,(H,25,31)/t17-/m0/s1. The highest BCUT2D eigenvalue weighted by Crippen LogP contribution is 2.60. The molecule has 0 aliphatic carbocycles. The van der Waals surface area contributed by atoms with E-state index >= 15 is 0 Å². The fourth-order valence-corrected chi connectivity index (χ4v) is 6.39. The van der Waals surface area contributed by atoms with E-state index in [4.69, 9.17) is 30.3 Å². The van der Waals surface area contributed by atoms with E-state index in [9.17, 15) is 0 Å². The van der Waals surface area contributed by atoms with E-state index in [-0.39, 0.29) is 6.04 Å². The lowest BCUT2D eigenvalue weighted by Crippen LogP contribution is -2.21. The van der Waals surface area contributed by atoms with Gasteiger partial charge in [-0.05, 0) is 49.6 Å². The number of rotatable bonds is 5. The highest BCUT2D eigenvalue weighted by atomic mass is 32.5. The normalized spacial score (nSPS) is 14.9. The van der Waals surface area contributed by atoms with Crippen molar-refractivity contribution < 1.29 is 18.5 Å². The summed E-state index contributed by atoms with van der Waals surface area (Å²) in [6.45, 7) is 3.05. The van der Waals surface area contributed by atoms with Crippen LogP contribution in [-0.4, -0.2) is 14.2 Å². The first-order valence-corrected chi connectivity index (χ1v) is 12.7. The second-order valence-electron chi connectivity index (χ2n) is 7.52. The Kier molecular flexibility index (Phi) is 5.98. The van der Waals surface area contributed by atoms with Crippen molar-refractivity contribution in [3.63, 3.8) is 0 Å². The fourth-order valence-electron chi connectivity index (χ4n) is 3.75. The summed E-state index contributed by atoms with van der Waals surface area (Å²) in [5, 5.41) is 3.46. The lowest BCUT2D eigenvalue weighted by molar-refractivity contribution is 0.408. The third-order valence-electron chi connectivity index (χ3n) is 5.40. The molecule has 31 heavy (non-hydrogen) atoms. The Morgan fingerprint density at radius 1 is 0.806 bits per heavy atom. The number of aryl methyl sites for hydroxylation is 2. The van der Waals surface area contributed by atoms with Crippen molar-refractivity contribution in [2.45, 2.75) is 26.8 Å². The van der Waals surface area contributed by atoms with Gasteiger partial charge in [-0.2, -0.15) is 0 Å². The van der Waals surface area contributed by atoms with Crippen molar-refractivity contribution in [2.75, 3.05) is 14.2 Å². The third kappa shape index (κ3) is 4.03. The van der Waals surface area contributed by atoms with Crippen LogP contribution in [0.5, 0.6) is 23.0 Å². The maximum atomic E-state index is 6.50. The number of hydrogen-bond donors (Lipinski definition) is 1. The molecule has 0 spiro atoms. The van der Waals surface area contributed by atoms with Crippen molar-refractivity contribution >= 4 is 18.4 Å². The van der Waals surface area contributed by atoms with Crippen molar-refractivity contribution in [3.05, 3.63) is 71.3 Å². The van der Waals surface area contributed by atoms with Gasteiger partial charge in [-0.3, -0.25) is 0 Å². The van der Waals surface area contributed by atoms with Crippen molar-refractivity contribution in [1.29, 1.82) is 0 Å². The summed E-state index contributed by atoms with van der Waals surface area (Å²) in [6, 6.07) is 17.8. The Balaban J connectivity index is 1.92. The Hall–Kier alpha value is -2.53. The monoisotopic (exact) mass is 455 g/mol. The van der Waals surface area contributed by atoms with Crippen molar-refractivity contribution in [1.82, 2.24) is 5.09 Å². The molecule has 5 nitrogen and oxygen atoms in total. The van der Waals surface area contributed by atoms with Crippen LogP contribution in [-0.2, 0) is 11.8 Å². The maximum Gasteiger partial charge on any atom is 0.365 e. The predicted octanol–water partition coefficient (Wildman–Crippen LogP) is 6.33. The Labute approximate surface area is 188 Å². The molecule has 1 aliphatic rings. The molecule has 0 aromatic heterocycles. The zero-order valence-corrected chi connectivity index (χ0v) is 20.0. The summed E-state index contributed by atoms with van der Waals surface area (Å²) in [5.41, 5.74) is 4.57. The molecule has 0 fully saturated rings. The Morgan fingerprint density at radius 2 is 1.29 bits per heavy atom. The van der Waals surface area contributed by atoms with Gasteiger partial charge >= 0.3 is 6.64 Å². The number of nitrogens with one attached hydrogen (secondary N) is 1. The van der Waals surface area contributed by atoms with E-state index < -0.39 is 6.64 Å². The zero-order chi connectivity index (χ0) is 22.2. The molecule has 7 heteroatoms. The van der Waals surface area contributed by atoms with Gasteiger partial charge in [-0.15, -0.1) is 0 Å². The zero-order valence-electron chi connectivity index (χ0n) is 18.3. The van der Waals surface area contributed by atoms with E-state index in [0.29, 0.717) is 23.0 Å². The van der Waals surface area contributed by atoms with Crippen LogP contribution in [0.1, 0.15) is 29.7 Å². The van der Waals surface area contributed by atoms with Crippen LogP contribution in [0.25, 0.3) is 11.1 Å². The van der Waals surface area contributed by atoms with Gasteiger partial charge in [-0.25, -0.2) is 5.09 Å². The molecular formula is C24H26NO4PS. The van der Waals surface area contributed by atoms with Crippen molar-refractivity contribution in [2.24, 2.45) is 0 Å². The second-order valence-corrected chi connectivity index (χ2v) is 10.6. The van der Waals surface area contributed by atoms with Gasteiger partial charge in [0.2, 0.25) is 0 Å². The second kappa shape index (κ2) is 8.54. The Morgan fingerprint density at radius 3 is 1.74 bits per heavy atom. The van der Waals surface area contributed by atoms with Gasteiger partial charge in [0.15, 0.2) is 0 Å². The molecule has 0 radical (unpaired) electrons. The van der Waals surface area contributed by atoms with Gasteiger partial charge in [0.25, 0.3) is 0 Å². The van der Waals surface area contributed by atoms with Gasteiger partial charge in [-0.1, -0.05) is 42.5 Å². The third-order valence-corrected chi connectivity index (χ3v) is 7.71.